The van der Waals surface area contributed by atoms with Crippen LogP contribution in [0.15, 0.2) is 41.3 Å². The molecule has 38 heavy (non-hydrogen) atoms. The molecule has 2 aliphatic heterocycles. The lowest BCUT2D eigenvalue weighted by molar-refractivity contribution is -0.138. The first-order valence-corrected chi connectivity index (χ1v) is 13.0. The molecule has 3 heterocycles. The molecule has 6 nitrogen and oxygen atoms in total. The largest absolute Gasteiger partial charge is 0.416 e. The summed E-state index contributed by atoms with van der Waals surface area (Å²) in [6.45, 7) is 2.37. The van der Waals surface area contributed by atoms with Crippen LogP contribution in [0.25, 0.3) is 17.0 Å². The van der Waals surface area contributed by atoms with Gasteiger partial charge in [-0.3, -0.25) is 19.2 Å². The Labute approximate surface area is 225 Å². The number of benzene rings is 2. The fourth-order valence-electron chi connectivity index (χ4n) is 4.93. The topological polar surface area (TPSA) is 58.4 Å². The standard InChI is InChI=1S/C26H23ClF4N4O2S/c1-14-18-9-15(10-23-24(36)35(25(37)38-23)22-7-8-33(2)13-20(22)28)3-6-21(18)34(32-14)12-16-4-5-17(27)11-19(16)26(29,30)31/h3-6,9-11,20,22H,7-8,12-13H2,1-2H3/t20-,22-/m1/s1. The van der Waals surface area contributed by atoms with Gasteiger partial charge < -0.3 is 4.90 Å². The van der Waals surface area contributed by atoms with Gasteiger partial charge in [-0.1, -0.05) is 23.7 Å². The van der Waals surface area contributed by atoms with Gasteiger partial charge in [0.05, 0.1) is 34.3 Å². The number of thioether (sulfide) groups is 1. The van der Waals surface area contributed by atoms with E-state index in [-0.39, 0.29) is 28.6 Å². The quantitative estimate of drug-likeness (QED) is 0.280. The molecule has 3 aromatic rings. The van der Waals surface area contributed by atoms with E-state index in [2.05, 4.69) is 5.10 Å². The van der Waals surface area contributed by atoms with Crippen molar-refractivity contribution in [2.24, 2.45) is 0 Å². The van der Waals surface area contributed by atoms with E-state index < -0.39 is 35.1 Å². The Morgan fingerprint density at radius 3 is 2.66 bits per heavy atom. The molecular formula is C26H23ClF4N4O2S. The summed E-state index contributed by atoms with van der Waals surface area (Å²) in [7, 11) is 1.79. The van der Waals surface area contributed by atoms with Crippen LogP contribution in [0.4, 0.5) is 22.4 Å². The van der Waals surface area contributed by atoms with Gasteiger partial charge in [-0.05, 0) is 73.6 Å². The molecule has 0 aliphatic carbocycles. The molecular weight excluding hydrogens is 544 g/mol. The molecule has 0 spiro atoms. The summed E-state index contributed by atoms with van der Waals surface area (Å²) in [5.41, 5.74) is 1.04. The normalized spacial score (nSPS) is 22.3. The van der Waals surface area contributed by atoms with Gasteiger partial charge in [0.1, 0.15) is 6.17 Å². The number of carbonyl (C=O) groups is 2. The van der Waals surface area contributed by atoms with Gasteiger partial charge in [-0.2, -0.15) is 18.3 Å². The summed E-state index contributed by atoms with van der Waals surface area (Å²) in [4.78, 5) is 28.7. The van der Waals surface area contributed by atoms with Gasteiger partial charge in [0.2, 0.25) is 0 Å². The maximum absolute atomic E-state index is 14.6. The van der Waals surface area contributed by atoms with Crippen LogP contribution in [-0.2, 0) is 17.5 Å². The Kier molecular flexibility index (Phi) is 7.04. The molecule has 200 valence electrons. The minimum atomic E-state index is -4.57. The molecule has 1 aromatic heterocycles. The van der Waals surface area contributed by atoms with Crippen molar-refractivity contribution in [2.45, 2.75) is 38.3 Å². The number of amides is 2. The molecule has 0 bridgehead atoms. The summed E-state index contributed by atoms with van der Waals surface area (Å²) >= 11 is 6.57. The highest BCUT2D eigenvalue weighted by atomic mass is 35.5. The fraction of sp³-hybridized carbons (Fsp3) is 0.346. The number of rotatable bonds is 4. The lowest BCUT2D eigenvalue weighted by atomic mass is 10.0. The van der Waals surface area contributed by atoms with Crippen molar-refractivity contribution in [1.82, 2.24) is 19.6 Å². The van der Waals surface area contributed by atoms with E-state index in [1.165, 1.54) is 16.8 Å². The SMILES string of the molecule is Cc1nn(Cc2ccc(Cl)cc2C(F)(F)F)c2ccc(C=C3SC(=O)N([C@@H]4CCN(C)C[C@H]4F)C3=O)cc12. The van der Waals surface area contributed by atoms with Crippen LogP contribution in [0.2, 0.25) is 5.02 Å². The van der Waals surface area contributed by atoms with Crippen LogP contribution in [0.3, 0.4) is 0 Å². The highest BCUT2D eigenvalue weighted by molar-refractivity contribution is 8.18. The van der Waals surface area contributed by atoms with Crippen molar-refractivity contribution in [3.63, 3.8) is 0 Å². The number of aryl methyl sites for hydroxylation is 1. The molecule has 0 radical (unpaired) electrons. The summed E-state index contributed by atoms with van der Waals surface area (Å²) in [5.74, 6) is -0.521. The molecule has 2 atom stereocenters. The second-order valence-corrected chi connectivity index (χ2v) is 10.9. The fourth-order valence-corrected chi connectivity index (χ4v) is 5.99. The zero-order valence-corrected chi connectivity index (χ0v) is 22.0. The lowest BCUT2D eigenvalue weighted by Gasteiger charge is -2.36. The Balaban J connectivity index is 1.42. The number of halogens is 5. The molecule has 2 saturated heterocycles. The van der Waals surface area contributed by atoms with Gasteiger partial charge in [0, 0.05) is 23.5 Å². The number of hydrogen-bond acceptors (Lipinski definition) is 5. The van der Waals surface area contributed by atoms with Crippen molar-refractivity contribution in [3.05, 3.63) is 68.7 Å². The zero-order chi connectivity index (χ0) is 27.4. The van der Waals surface area contributed by atoms with Crippen LogP contribution in [0, 0.1) is 6.92 Å². The Morgan fingerprint density at radius 2 is 1.95 bits per heavy atom. The maximum Gasteiger partial charge on any atom is 0.416 e. The molecule has 2 aliphatic rings. The zero-order valence-electron chi connectivity index (χ0n) is 20.4. The molecule has 5 rings (SSSR count). The Bertz CT molecular complexity index is 1470. The van der Waals surface area contributed by atoms with Crippen LogP contribution in [0.1, 0.15) is 28.8 Å². The van der Waals surface area contributed by atoms with Crippen molar-refractivity contribution < 1.29 is 27.2 Å². The highest BCUT2D eigenvalue weighted by Crippen LogP contribution is 2.37. The third kappa shape index (κ3) is 5.06. The summed E-state index contributed by atoms with van der Waals surface area (Å²) in [5, 5.41) is 4.63. The van der Waals surface area contributed by atoms with E-state index in [0.717, 1.165) is 22.7 Å². The smallest absolute Gasteiger partial charge is 0.303 e. The van der Waals surface area contributed by atoms with E-state index in [1.807, 2.05) is 4.90 Å². The van der Waals surface area contributed by atoms with Crippen molar-refractivity contribution in [3.8, 4) is 0 Å². The number of piperidine rings is 1. The third-order valence-electron chi connectivity index (χ3n) is 6.82. The maximum atomic E-state index is 14.6. The van der Waals surface area contributed by atoms with E-state index in [4.69, 9.17) is 11.6 Å². The summed E-state index contributed by atoms with van der Waals surface area (Å²) < 4.78 is 56.8. The van der Waals surface area contributed by atoms with E-state index in [0.29, 0.717) is 35.1 Å². The number of carbonyl (C=O) groups excluding carboxylic acids is 2. The molecule has 2 aromatic carbocycles. The predicted octanol–water partition coefficient (Wildman–Crippen LogP) is 6.14. The number of hydrogen-bond donors (Lipinski definition) is 0. The number of nitrogens with zero attached hydrogens (tertiary/aromatic N) is 4. The number of likely N-dealkylation sites (tertiary alicyclic amines) is 1. The summed E-state index contributed by atoms with van der Waals surface area (Å²) in [6.07, 6.45) is -3.93. The Hall–Kier alpha value is -2.89. The molecule has 0 unspecified atom stereocenters. The summed E-state index contributed by atoms with van der Waals surface area (Å²) in [6, 6.07) is 8.04. The molecule has 2 fully saturated rings. The van der Waals surface area contributed by atoms with Crippen LogP contribution < -0.4 is 0 Å². The first-order chi connectivity index (χ1) is 17.9. The predicted molar refractivity (Wildman–Crippen MR) is 139 cm³/mol. The van der Waals surface area contributed by atoms with Crippen LogP contribution in [0.5, 0.6) is 0 Å². The van der Waals surface area contributed by atoms with Gasteiger partial charge in [-0.15, -0.1) is 0 Å². The van der Waals surface area contributed by atoms with Crippen LogP contribution in [-0.4, -0.2) is 63.1 Å². The second kappa shape index (κ2) is 10.0. The first kappa shape index (κ1) is 26.7. The minimum absolute atomic E-state index is 0.00510. The van der Waals surface area contributed by atoms with Crippen LogP contribution >= 0.6 is 23.4 Å². The lowest BCUT2D eigenvalue weighted by Crippen LogP contribution is -2.52. The monoisotopic (exact) mass is 566 g/mol. The number of alkyl halides is 4. The minimum Gasteiger partial charge on any atom is -0.303 e. The molecule has 0 saturated carbocycles. The molecule has 12 heteroatoms. The van der Waals surface area contributed by atoms with E-state index >= 15 is 0 Å². The van der Waals surface area contributed by atoms with Gasteiger partial charge in [0.15, 0.2) is 0 Å². The first-order valence-electron chi connectivity index (χ1n) is 11.8. The second-order valence-electron chi connectivity index (χ2n) is 9.50. The highest BCUT2D eigenvalue weighted by Gasteiger charge is 2.44. The molecule has 2 amide bonds. The van der Waals surface area contributed by atoms with Gasteiger partial charge in [0.25, 0.3) is 11.1 Å². The number of aromatic nitrogens is 2. The molecule has 0 N–H and O–H groups in total. The van der Waals surface area contributed by atoms with E-state index in [9.17, 15) is 27.2 Å². The number of imide groups is 1. The Morgan fingerprint density at radius 1 is 1.18 bits per heavy atom. The number of fused-ring (bicyclic) bond motifs is 1. The van der Waals surface area contributed by atoms with Gasteiger partial charge in [-0.25, -0.2) is 4.39 Å². The van der Waals surface area contributed by atoms with E-state index in [1.54, 1.807) is 38.2 Å². The average Bonchev–Trinajstić information content (AvgIpc) is 3.29. The average molecular weight is 567 g/mol. The third-order valence-corrected chi connectivity index (χ3v) is 7.94. The van der Waals surface area contributed by atoms with Crippen molar-refractivity contribution >= 4 is 51.5 Å². The van der Waals surface area contributed by atoms with Crippen molar-refractivity contribution in [2.75, 3.05) is 20.1 Å². The van der Waals surface area contributed by atoms with Gasteiger partial charge >= 0.3 is 6.18 Å². The van der Waals surface area contributed by atoms with Crippen molar-refractivity contribution in [1.29, 1.82) is 0 Å².